The van der Waals surface area contributed by atoms with Crippen molar-refractivity contribution in [1.82, 2.24) is 0 Å². The molecule has 0 aromatic heterocycles. The molecule has 0 unspecified atom stereocenters. The number of benzene rings is 2. The molecular weight excluding hydrogens is 274 g/mol. The Balaban J connectivity index is 2.22. The van der Waals surface area contributed by atoms with Gasteiger partial charge in [-0.2, -0.15) is 5.26 Å². The minimum atomic E-state index is -0.284. The van der Waals surface area contributed by atoms with Gasteiger partial charge in [0.05, 0.1) is 12.7 Å². The quantitative estimate of drug-likeness (QED) is 0.361. The van der Waals surface area contributed by atoms with E-state index in [0.717, 1.165) is 11.3 Å². The Morgan fingerprint density at radius 3 is 2.45 bits per heavy atom. The van der Waals surface area contributed by atoms with Crippen LogP contribution in [0.5, 0.6) is 5.75 Å². The normalized spacial score (nSPS) is 11.2. The van der Waals surface area contributed by atoms with Crippen LogP contribution in [0.1, 0.15) is 15.9 Å². The van der Waals surface area contributed by atoms with Crippen LogP contribution in [0.25, 0.3) is 6.08 Å². The summed E-state index contributed by atoms with van der Waals surface area (Å²) in [7, 11) is 1.60. The van der Waals surface area contributed by atoms with Crippen LogP contribution >= 0.6 is 0 Å². The van der Waals surface area contributed by atoms with E-state index in [4.69, 9.17) is 10.00 Å². The van der Waals surface area contributed by atoms with Crippen molar-refractivity contribution in [3.63, 3.8) is 0 Å². The molecule has 0 saturated carbocycles. The van der Waals surface area contributed by atoms with Gasteiger partial charge in [-0.15, -0.1) is 0 Å². The van der Waals surface area contributed by atoms with E-state index >= 15 is 0 Å². The van der Waals surface area contributed by atoms with E-state index in [-0.39, 0.29) is 11.4 Å². The number of para-hydroxylation sites is 1. The molecule has 2 aromatic rings. The zero-order valence-electron chi connectivity index (χ0n) is 12.2. The van der Waals surface area contributed by atoms with E-state index in [1.165, 1.54) is 6.08 Å². The van der Waals surface area contributed by atoms with Gasteiger partial charge in [0.2, 0.25) is 5.78 Å². The van der Waals surface area contributed by atoms with Gasteiger partial charge in [-0.3, -0.25) is 4.79 Å². The summed E-state index contributed by atoms with van der Waals surface area (Å²) in [4.78, 5) is 12.2. The average molecular weight is 289 g/mol. The fraction of sp³-hybridized carbons (Fsp3) is 0.0526. The number of nitriles is 1. The third-order valence-corrected chi connectivity index (χ3v) is 3.08. The number of ether oxygens (including phenoxy) is 1. The van der Waals surface area contributed by atoms with Crippen molar-refractivity contribution in [2.45, 2.75) is 0 Å². The Hall–Kier alpha value is -3.12. The number of Topliss-reactive ketones (excluding diaryl/α,β-unsaturated/α-hetero) is 1. The predicted molar refractivity (Wildman–Crippen MR) is 86.5 cm³/mol. The summed E-state index contributed by atoms with van der Waals surface area (Å²) in [5.74, 6) is 0.452. The number of carbonyl (C=O) groups is 1. The van der Waals surface area contributed by atoms with Crippen LogP contribution in [0.2, 0.25) is 0 Å². The Morgan fingerprint density at radius 2 is 1.77 bits per heavy atom. The molecule has 0 fully saturated rings. The Labute approximate surface area is 129 Å². The van der Waals surface area contributed by atoms with Crippen molar-refractivity contribution in [1.29, 1.82) is 5.26 Å². The van der Waals surface area contributed by atoms with Gasteiger partial charge in [0, 0.05) is 11.1 Å². The highest BCUT2D eigenvalue weighted by Crippen LogP contribution is 2.19. The van der Waals surface area contributed by atoms with E-state index in [2.05, 4.69) is 0 Å². The maximum atomic E-state index is 12.2. The Morgan fingerprint density at radius 1 is 1.09 bits per heavy atom. The molecule has 0 heterocycles. The molecule has 0 bridgehead atoms. The van der Waals surface area contributed by atoms with Crippen LogP contribution < -0.4 is 4.74 Å². The van der Waals surface area contributed by atoms with Crippen LogP contribution in [0.15, 0.2) is 72.3 Å². The second-order valence-electron chi connectivity index (χ2n) is 4.49. The van der Waals surface area contributed by atoms with Crippen LogP contribution in [0.4, 0.5) is 0 Å². The summed E-state index contributed by atoms with van der Waals surface area (Å²) >= 11 is 0. The van der Waals surface area contributed by atoms with Crippen LogP contribution in [-0.2, 0) is 0 Å². The number of methoxy groups -OCH3 is 1. The lowest BCUT2D eigenvalue weighted by atomic mass is 10.0. The smallest absolute Gasteiger partial charge is 0.203 e. The molecular formula is C19H15NO2. The van der Waals surface area contributed by atoms with Gasteiger partial charge in [0.25, 0.3) is 0 Å². The van der Waals surface area contributed by atoms with Crippen LogP contribution in [0, 0.1) is 11.3 Å². The first-order chi connectivity index (χ1) is 10.8. The first-order valence-corrected chi connectivity index (χ1v) is 6.77. The maximum absolute atomic E-state index is 12.2. The highest BCUT2D eigenvalue weighted by molar-refractivity contribution is 6.11. The minimum Gasteiger partial charge on any atom is -0.496 e. The van der Waals surface area contributed by atoms with Gasteiger partial charge >= 0.3 is 0 Å². The zero-order chi connectivity index (χ0) is 15.8. The standard InChI is InChI=1S/C19H15NO2/c1-22-18-13-6-5-8-15(18)11-7-12-17(14-20)19(21)16-9-3-2-4-10-16/h2-13H,1H3/b11-7+,17-12+. The molecule has 2 rings (SSSR count). The summed E-state index contributed by atoms with van der Waals surface area (Å²) in [6.07, 6.45) is 4.99. The summed E-state index contributed by atoms with van der Waals surface area (Å²) in [6, 6.07) is 18.2. The van der Waals surface area contributed by atoms with Gasteiger partial charge in [-0.1, -0.05) is 60.7 Å². The van der Waals surface area contributed by atoms with E-state index in [0.29, 0.717) is 5.56 Å². The molecule has 0 aliphatic carbocycles. The van der Waals surface area contributed by atoms with Crippen LogP contribution in [-0.4, -0.2) is 12.9 Å². The molecule has 22 heavy (non-hydrogen) atoms. The maximum Gasteiger partial charge on any atom is 0.203 e. The first kappa shape index (κ1) is 15.3. The molecule has 0 N–H and O–H groups in total. The second kappa shape index (κ2) is 7.61. The van der Waals surface area contributed by atoms with Gasteiger partial charge in [0.1, 0.15) is 11.8 Å². The third kappa shape index (κ3) is 3.71. The van der Waals surface area contributed by atoms with Crippen molar-refractivity contribution < 1.29 is 9.53 Å². The molecule has 3 heteroatoms. The number of carbonyl (C=O) groups excluding carboxylic acids is 1. The highest BCUT2D eigenvalue weighted by atomic mass is 16.5. The largest absolute Gasteiger partial charge is 0.496 e. The van der Waals surface area contributed by atoms with Crippen molar-refractivity contribution in [3.8, 4) is 11.8 Å². The SMILES string of the molecule is COc1ccccc1/C=C/C=C(\C#N)C(=O)c1ccccc1. The molecule has 0 aliphatic heterocycles. The summed E-state index contributed by atoms with van der Waals surface area (Å²) in [5, 5.41) is 9.16. The fourth-order valence-electron chi connectivity index (χ4n) is 1.96. The lowest BCUT2D eigenvalue weighted by molar-refractivity contribution is 0.103. The Kier molecular flexibility index (Phi) is 5.28. The van der Waals surface area contributed by atoms with E-state index < -0.39 is 0 Å². The number of rotatable bonds is 5. The first-order valence-electron chi connectivity index (χ1n) is 6.77. The Bertz CT molecular complexity index is 753. The number of hydrogen-bond donors (Lipinski definition) is 0. The number of allylic oxidation sites excluding steroid dienone is 3. The molecule has 0 spiro atoms. The second-order valence-corrected chi connectivity index (χ2v) is 4.49. The molecule has 108 valence electrons. The van der Waals surface area contributed by atoms with Gasteiger partial charge in [-0.05, 0) is 12.1 Å². The zero-order valence-corrected chi connectivity index (χ0v) is 12.2. The van der Waals surface area contributed by atoms with Crippen molar-refractivity contribution in [2.24, 2.45) is 0 Å². The molecule has 3 nitrogen and oxygen atoms in total. The van der Waals surface area contributed by atoms with Crippen molar-refractivity contribution in [2.75, 3.05) is 7.11 Å². The summed E-state index contributed by atoms with van der Waals surface area (Å²) in [5.41, 5.74) is 1.48. The molecule has 2 aromatic carbocycles. The number of hydrogen-bond acceptors (Lipinski definition) is 3. The van der Waals surface area contributed by atoms with Crippen molar-refractivity contribution in [3.05, 3.63) is 83.4 Å². The van der Waals surface area contributed by atoms with Gasteiger partial charge in [0.15, 0.2) is 0 Å². The molecule has 0 amide bonds. The van der Waals surface area contributed by atoms with Crippen LogP contribution in [0.3, 0.4) is 0 Å². The molecule has 0 radical (unpaired) electrons. The van der Waals surface area contributed by atoms with Crippen molar-refractivity contribution >= 4 is 11.9 Å². The van der Waals surface area contributed by atoms with E-state index in [1.807, 2.05) is 36.4 Å². The molecule has 0 atom stereocenters. The lowest BCUT2D eigenvalue weighted by Gasteiger charge is -2.02. The van der Waals surface area contributed by atoms with E-state index in [1.54, 1.807) is 43.5 Å². The topological polar surface area (TPSA) is 50.1 Å². The predicted octanol–water partition coefficient (Wildman–Crippen LogP) is 4.04. The van der Waals surface area contributed by atoms with Gasteiger partial charge in [-0.25, -0.2) is 0 Å². The highest BCUT2D eigenvalue weighted by Gasteiger charge is 2.10. The minimum absolute atomic E-state index is 0.0948. The average Bonchev–Trinajstić information content (AvgIpc) is 2.59. The third-order valence-electron chi connectivity index (χ3n) is 3.08. The lowest BCUT2D eigenvalue weighted by Crippen LogP contribution is -2.01. The summed E-state index contributed by atoms with van der Waals surface area (Å²) in [6.45, 7) is 0. The molecule has 0 saturated heterocycles. The monoisotopic (exact) mass is 289 g/mol. The number of nitrogens with zero attached hydrogens (tertiary/aromatic N) is 1. The van der Waals surface area contributed by atoms with Gasteiger partial charge < -0.3 is 4.74 Å². The molecule has 0 aliphatic rings. The number of ketones is 1. The van der Waals surface area contributed by atoms with E-state index in [9.17, 15) is 4.79 Å². The summed E-state index contributed by atoms with van der Waals surface area (Å²) < 4.78 is 5.24. The fourth-order valence-corrected chi connectivity index (χ4v) is 1.96.